The van der Waals surface area contributed by atoms with Gasteiger partial charge >= 0.3 is 23.9 Å². The van der Waals surface area contributed by atoms with Crippen molar-refractivity contribution in [1.29, 1.82) is 0 Å². The Labute approximate surface area is 366 Å². The van der Waals surface area contributed by atoms with Gasteiger partial charge in [0.15, 0.2) is 0 Å². The number of carboxylic acids is 1. The Morgan fingerprint density at radius 2 is 0.937 bits per heavy atom. The monoisotopic (exact) mass is 844 g/mol. The average Bonchev–Trinajstić information content (AvgIpc) is 3.67. The summed E-state index contributed by atoms with van der Waals surface area (Å²) in [7, 11) is 4.19. The lowest BCUT2D eigenvalue weighted by molar-refractivity contribution is -0.136. The number of aliphatic carboxylic acids is 1. The summed E-state index contributed by atoms with van der Waals surface area (Å²) in [5.41, 5.74) is 12.7. The predicted octanol–water partition coefficient (Wildman–Crippen LogP) is 11.3. The van der Waals surface area contributed by atoms with Crippen LogP contribution in [0.3, 0.4) is 0 Å². The largest absolute Gasteiger partial charge is 0.478 e. The van der Waals surface area contributed by atoms with Crippen molar-refractivity contribution in [3.8, 4) is 22.5 Å². The Morgan fingerprint density at radius 1 is 0.524 bits per heavy atom. The lowest BCUT2D eigenvalue weighted by Gasteiger charge is -2.24. The average molecular weight is 845 g/mol. The molecule has 0 spiro atoms. The van der Waals surface area contributed by atoms with Gasteiger partial charge in [-0.3, -0.25) is 0 Å². The van der Waals surface area contributed by atoms with Gasteiger partial charge in [-0.15, -0.1) is 0 Å². The molecule has 0 saturated heterocycles. The van der Waals surface area contributed by atoms with Gasteiger partial charge in [0.05, 0.1) is 68.1 Å². The topological polar surface area (TPSA) is 126 Å². The molecule has 10 rings (SSSR count). The van der Waals surface area contributed by atoms with Gasteiger partial charge in [-0.2, -0.15) is 0 Å². The molecule has 1 N–H and O–H groups in total. The van der Waals surface area contributed by atoms with Crippen molar-refractivity contribution in [3.63, 3.8) is 0 Å². The van der Waals surface area contributed by atoms with Gasteiger partial charge < -0.3 is 28.5 Å². The third-order valence-electron chi connectivity index (χ3n) is 13.5. The Kier molecular flexibility index (Phi) is 11.6. The molecule has 2 aliphatic carbocycles. The molecule has 10 heteroatoms. The zero-order valence-corrected chi connectivity index (χ0v) is 36.1. The standard InChI is InChI=1S/C27H27NO4.C26H25NO4/c1-31-26(29)19-12-13-22-23(15-19)28-16-20(27(30)32-2)14-18-10-6-7-11-21(18)25(28)24(22)17-8-4-3-5-9-17;1-31-26(30)18-11-12-21-22(14-18)27-15-19(25(28)29)13-17-9-5-6-10-20(17)24(27)23(21)16-7-3-2-4-8-16/h6-7,10-15,17H,3-5,8-9,16H2,1-2H3;5-6,9-14,16H,2-4,7-8,15H2,1H3,(H,28,29). The summed E-state index contributed by atoms with van der Waals surface area (Å²) in [6.07, 6.45) is 15.7. The molecule has 2 fully saturated rings. The van der Waals surface area contributed by atoms with E-state index in [1.807, 2.05) is 66.7 Å². The molecule has 10 nitrogen and oxygen atoms in total. The number of nitrogens with zero attached hydrogens (tertiary/aromatic N) is 2. The van der Waals surface area contributed by atoms with Crippen molar-refractivity contribution < 1.29 is 38.5 Å². The maximum Gasteiger partial charge on any atom is 0.337 e. The highest BCUT2D eigenvalue weighted by Gasteiger charge is 2.32. The van der Waals surface area contributed by atoms with Crippen LogP contribution in [0.4, 0.5) is 0 Å². The van der Waals surface area contributed by atoms with Crippen LogP contribution in [0.15, 0.2) is 96.1 Å². The fourth-order valence-electron chi connectivity index (χ4n) is 10.6. The molecule has 2 saturated carbocycles. The lowest BCUT2D eigenvalue weighted by Crippen LogP contribution is -2.12. The number of esters is 3. The van der Waals surface area contributed by atoms with Crippen molar-refractivity contribution in [1.82, 2.24) is 9.13 Å². The minimum atomic E-state index is -0.923. The molecule has 2 aromatic heterocycles. The maximum absolute atomic E-state index is 12.6. The van der Waals surface area contributed by atoms with E-state index in [1.165, 1.54) is 71.0 Å². The zero-order chi connectivity index (χ0) is 43.8. The fourth-order valence-corrected chi connectivity index (χ4v) is 10.6. The smallest absolute Gasteiger partial charge is 0.337 e. The molecule has 6 aromatic rings. The van der Waals surface area contributed by atoms with E-state index >= 15 is 0 Å². The molecular weight excluding hydrogens is 793 g/mol. The van der Waals surface area contributed by atoms with Crippen LogP contribution in [0.5, 0.6) is 0 Å². The molecule has 0 atom stereocenters. The zero-order valence-electron chi connectivity index (χ0n) is 36.1. The second-order valence-corrected chi connectivity index (χ2v) is 17.1. The van der Waals surface area contributed by atoms with Gasteiger partial charge in [0.1, 0.15) is 0 Å². The third kappa shape index (κ3) is 7.66. The highest BCUT2D eigenvalue weighted by molar-refractivity contribution is 6.04. The van der Waals surface area contributed by atoms with Crippen LogP contribution in [-0.4, -0.2) is 59.4 Å². The van der Waals surface area contributed by atoms with E-state index in [9.17, 15) is 24.3 Å². The Bertz CT molecular complexity index is 2860. The van der Waals surface area contributed by atoms with E-state index in [0.29, 0.717) is 40.7 Å². The number of benzene rings is 4. The van der Waals surface area contributed by atoms with Crippen molar-refractivity contribution in [3.05, 3.63) is 129 Å². The quantitative estimate of drug-likeness (QED) is 0.130. The number of carbonyl (C=O) groups excluding carboxylic acids is 3. The van der Waals surface area contributed by atoms with Crippen molar-refractivity contribution in [2.45, 2.75) is 89.1 Å². The molecule has 0 amide bonds. The summed E-state index contributed by atoms with van der Waals surface area (Å²) in [5, 5.41) is 12.1. The molecule has 63 heavy (non-hydrogen) atoms. The fraction of sp³-hybridized carbons (Fsp3) is 0.321. The van der Waals surface area contributed by atoms with Crippen LogP contribution < -0.4 is 0 Å². The number of aromatic nitrogens is 2. The summed E-state index contributed by atoms with van der Waals surface area (Å²) in [5.74, 6) is -1.13. The normalized spacial score (nSPS) is 16.1. The summed E-state index contributed by atoms with van der Waals surface area (Å²) >= 11 is 0. The number of carboxylic acid groups (broad SMARTS) is 1. The number of fused-ring (bicyclic) bond motifs is 10. The predicted molar refractivity (Wildman–Crippen MR) is 245 cm³/mol. The Hall–Kier alpha value is -6.68. The minimum absolute atomic E-state index is 0.257. The van der Waals surface area contributed by atoms with E-state index in [0.717, 1.165) is 81.1 Å². The summed E-state index contributed by atoms with van der Waals surface area (Å²) < 4.78 is 19.3. The number of hydrogen-bond donors (Lipinski definition) is 1. The highest BCUT2D eigenvalue weighted by Crippen LogP contribution is 2.48. The number of hydrogen-bond acceptors (Lipinski definition) is 7. The van der Waals surface area contributed by atoms with E-state index in [-0.39, 0.29) is 24.5 Å². The Morgan fingerprint density at radius 3 is 1.37 bits per heavy atom. The number of rotatable bonds is 6. The number of methoxy groups -OCH3 is 3. The minimum Gasteiger partial charge on any atom is -0.478 e. The molecular formula is C53H52N2O8. The van der Waals surface area contributed by atoms with E-state index in [4.69, 9.17) is 14.2 Å². The Balaban J connectivity index is 0.000000160. The van der Waals surface area contributed by atoms with Crippen molar-refractivity contribution >= 4 is 57.8 Å². The van der Waals surface area contributed by atoms with E-state index in [1.54, 1.807) is 6.08 Å². The van der Waals surface area contributed by atoms with E-state index < -0.39 is 5.97 Å². The van der Waals surface area contributed by atoms with Crippen LogP contribution >= 0.6 is 0 Å². The molecule has 4 aromatic carbocycles. The van der Waals surface area contributed by atoms with Crippen LogP contribution in [0.25, 0.3) is 56.5 Å². The van der Waals surface area contributed by atoms with Crippen molar-refractivity contribution in [2.24, 2.45) is 0 Å². The second kappa shape index (κ2) is 17.6. The van der Waals surface area contributed by atoms with Gasteiger partial charge in [-0.05, 0) is 96.2 Å². The first-order valence-electron chi connectivity index (χ1n) is 22.1. The first-order chi connectivity index (χ1) is 30.7. The van der Waals surface area contributed by atoms with Gasteiger partial charge in [0.2, 0.25) is 0 Å². The first-order valence-corrected chi connectivity index (χ1v) is 22.1. The van der Waals surface area contributed by atoms with Gasteiger partial charge in [-0.25, -0.2) is 19.2 Å². The van der Waals surface area contributed by atoms with Gasteiger partial charge in [-0.1, -0.05) is 99.2 Å². The molecule has 322 valence electrons. The molecule has 4 heterocycles. The van der Waals surface area contributed by atoms with Crippen LogP contribution in [-0.2, 0) is 36.9 Å². The van der Waals surface area contributed by atoms with Crippen LogP contribution in [0, 0.1) is 0 Å². The summed E-state index contributed by atoms with van der Waals surface area (Å²) in [6, 6.07) is 27.7. The van der Waals surface area contributed by atoms with Crippen molar-refractivity contribution in [2.75, 3.05) is 21.3 Å². The summed E-state index contributed by atoms with van der Waals surface area (Å²) in [4.78, 5) is 49.2. The SMILES string of the molecule is COC(=O)C1=Cc2ccccc2-c2c(C3CCCCC3)c3ccc(C(=O)OC)cc3n2C1.COC(=O)c1ccc2c(C3CCCCC3)c3n(c2c1)CC(C(=O)O)=Cc1ccccc1-3. The molecule has 4 aliphatic rings. The molecule has 0 unspecified atom stereocenters. The third-order valence-corrected chi connectivity index (χ3v) is 13.5. The molecule has 0 bridgehead atoms. The maximum atomic E-state index is 12.6. The number of carbonyl (C=O) groups is 4. The molecule has 2 aliphatic heterocycles. The molecule has 0 radical (unpaired) electrons. The highest BCUT2D eigenvalue weighted by atomic mass is 16.5. The lowest BCUT2D eigenvalue weighted by atomic mass is 9.81. The van der Waals surface area contributed by atoms with Crippen LogP contribution in [0.2, 0.25) is 0 Å². The number of ether oxygens (including phenoxy) is 3. The van der Waals surface area contributed by atoms with Gasteiger partial charge in [0.25, 0.3) is 0 Å². The van der Waals surface area contributed by atoms with E-state index in [2.05, 4.69) is 33.4 Å². The van der Waals surface area contributed by atoms with Gasteiger partial charge in [0, 0.05) is 32.9 Å². The first kappa shape index (κ1) is 41.7. The summed E-state index contributed by atoms with van der Waals surface area (Å²) in [6.45, 7) is 0.651. The second-order valence-electron chi connectivity index (χ2n) is 17.1. The van der Waals surface area contributed by atoms with Crippen LogP contribution in [0.1, 0.15) is 119 Å².